The molecule has 3 amide bonds. The number of aryl methyl sites for hydroxylation is 1. The number of hydrogen-bond acceptors (Lipinski definition) is 6. The van der Waals surface area contributed by atoms with Gasteiger partial charge in [0.15, 0.2) is 17.5 Å². The van der Waals surface area contributed by atoms with E-state index in [-0.39, 0.29) is 36.5 Å². The molecule has 1 N–H and O–H groups in total. The van der Waals surface area contributed by atoms with Crippen molar-refractivity contribution in [3.05, 3.63) is 53.3 Å². The highest BCUT2D eigenvalue weighted by Gasteiger charge is 2.38. The van der Waals surface area contributed by atoms with Gasteiger partial charge in [0.1, 0.15) is 0 Å². The van der Waals surface area contributed by atoms with Crippen LogP contribution in [0.4, 0.5) is 29.3 Å². The van der Waals surface area contributed by atoms with Gasteiger partial charge in [-0.25, -0.2) is 18.0 Å². The molecular formula is C21H20F3N7O3. The third kappa shape index (κ3) is 3.76. The smallest absolute Gasteiger partial charge is 0.322 e. The molecule has 10 nitrogen and oxygen atoms in total. The Hall–Kier alpha value is -3.90. The molecule has 0 radical (unpaired) electrons. The Morgan fingerprint density at radius 2 is 1.91 bits per heavy atom. The van der Waals surface area contributed by atoms with E-state index >= 15 is 0 Å². The highest BCUT2D eigenvalue weighted by atomic mass is 19.2. The van der Waals surface area contributed by atoms with Gasteiger partial charge >= 0.3 is 6.03 Å². The molecule has 0 spiro atoms. The average Bonchev–Trinajstić information content (AvgIpc) is 3.49. The fourth-order valence-electron chi connectivity index (χ4n) is 4.29. The van der Waals surface area contributed by atoms with Crippen LogP contribution in [0.25, 0.3) is 0 Å². The number of carbonyl (C=O) groups is 2. The predicted octanol–water partition coefficient (Wildman–Crippen LogP) is 2.95. The Labute approximate surface area is 191 Å². The van der Waals surface area contributed by atoms with Gasteiger partial charge in [-0.1, -0.05) is 0 Å². The van der Waals surface area contributed by atoms with Crippen molar-refractivity contribution in [1.29, 1.82) is 0 Å². The number of anilines is 2. The fraction of sp³-hybridized carbons (Fsp3) is 0.381. The van der Waals surface area contributed by atoms with Gasteiger partial charge < -0.3 is 19.5 Å². The van der Waals surface area contributed by atoms with Crippen LogP contribution < -0.4 is 10.2 Å². The van der Waals surface area contributed by atoms with Crippen molar-refractivity contribution in [2.45, 2.75) is 45.3 Å². The van der Waals surface area contributed by atoms with Gasteiger partial charge in [-0.05, 0) is 6.92 Å². The second-order valence-corrected chi connectivity index (χ2v) is 8.38. The number of benzene rings is 1. The number of hydrogen-bond donors (Lipinski definition) is 1. The summed E-state index contributed by atoms with van der Waals surface area (Å²) in [6, 6.07) is 0.494. The summed E-state index contributed by atoms with van der Waals surface area (Å²) in [5.41, 5.74) is 0.994. The highest BCUT2D eigenvalue weighted by Crippen LogP contribution is 2.35. The Balaban J connectivity index is 1.36. The Morgan fingerprint density at radius 1 is 1.18 bits per heavy atom. The van der Waals surface area contributed by atoms with Crippen molar-refractivity contribution < 1.29 is 27.2 Å². The number of aromatic nitrogens is 4. The molecule has 0 aliphatic carbocycles. The number of urea groups is 1. The summed E-state index contributed by atoms with van der Waals surface area (Å²) in [7, 11) is 0. The van der Waals surface area contributed by atoms with Crippen molar-refractivity contribution in [3.63, 3.8) is 0 Å². The highest BCUT2D eigenvalue weighted by molar-refractivity contribution is 5.97. The maximum Gasteiger partial charge on any atom is 0.322 e. The Kier molecular flexibility index (Phi) is 5.25. The molecule has 2 aromatic heterocycles. The van der Waals surface area contributed by atoms with Gasteiger partial charge in [0.2, 0.25) is 17.7 Å². The third-order valence-corrected chi connectivity index (χ3v) is 6.02. The first-order valence-electron chi connectivity index (χ1n) is 10.6. The SMILES string of the molecule is Cc1nnc(C2CC(=O)N(c3cnn4c3CN(C(=O)Nc3cc(F)c(F)c(F)c3)C(C)C4)C2)o1. The lowest BCUT2D eigenvalue weighted by Gasteiger charge is -2.35. The van der Waals surface area contributed by atoms with Crippen LogP contribution in [0.3, 0.4) is 0 Å². The second-order valence-electron chi connectivity index (χ2n) is 8.38. The molecule has 2 atom stereocenters. The van der Waals surface area contributed by atoms with E-state index in [2.05, 4.69) is 20.6 Å². The molecule has 4 heterocycles. The quantitative estimate of drug-likeness (QED) is 0.584. The Morgan fingerprint density at radius 3 is 2.59 bits per heavy atom. The normalized spacial score (nSPS) is 20.1. The van der Waals surface area contributed by atoms with Crippen molar-refractivity contribution in [1.82, 2.24) is 24.9 Å². The minimum atomic E-state index is -1.61. The summed E-state index contributed by atoms with van der Waals surface area (Å²) in [6.07, 6.45) is 1.78. The molecule has 1 fully saturated rings. The monoisotopic (exact) mass is 475 g/mol. The summed E-state index contributed by atoms with van der Waals surface area (Å²) < 4.78 is 47.5. The van der Waals surface area contributed by atoms with E-state index in [9.17, 15) is 22.8 Å². The molecule has 5 rings (SSSR count). The van der Waals surface area contributed by atoms with Crippen LogP contribution >= 0.6 is 0 Å². The fourth-order valence-corrected chi connectivity index (χ4v) is 4.29. The number of amides is 3. The first kappa shape index (κ1) is 21.9. The summed E-state index contributed by atoms with van der Waals surface area (Å²) in [6.45, 7) is 4.25. The number of nitrogens with one attached hydrogen (secondary N) is 1. The zero-order valence-corrected chi connectivity index (χ0v) is 18.3. The molecule has 13 heteroatoms. The largest absolute Gasteiger partial charge is 0.425 e. The lowest BCUT2D eigenvalue weighted by Crippen LogP contribution is -2.47. The van der Waals surface area contributed by atoms with Crippen molar-refractivity contribution in [3.8, 4) is 0 Å². The van der Waals surface area contributed by atoms with Gasteiger partial charge in [-0.2, -0.15) is 5.10 Å². The average molecular weight is 475 g/mol. The zero-order chi connectivity index (χ0) is 24.1. The van der Waals surface area contributed by atoms with E-state index in [4.69, 9.17) is 4.42 Å². The minimum absolute atomic E-state index is 0.0998. The minimum Gasteiger partial charge on any atom is -0.425 e. The van der Waals surface area contributed by atoms with Gasteiger partial charge in [-0.3, -0.25) is 9.48 Å². The van der Waals surface area contributed by atoms with E-state index in [1.54, 1.807) is 29.6 Å². The van der Waals surface area contributed by atoms with Gasteiger partial charge in [0, 0.05) is 37.7 Å². The number of rotatable bonds is 3. The topological polar surface area (TPSA) is 109 Å². The van der Waals surface area contributed by atoms with Crippen molar-refractivity contribution >= 4 is 23.3 Å². The molecule has 2 aliphatic heterocycles. The lowest BCUT2D eigenvalue weighted by molar-refractivity contribution is -0.117. The van der Waals surface area contributed by atoms with E-state index in [0.717, 1.165) is 0 Å². The Bertz CT molecular complexity index is 1270. The zero-order valence-electron chi connectivity index (χ0n) is 18.3. The van der Waals surface area contributed by atoms with E-state index in [1.807, 2.05) is 0 Å². The van der Waals surface area contributed by atoms with E-state index < -0.39 is 23.5 Å². The van der Waals surface area contributed by atoms with Crippen molar-refractivity contribution in [2.75, 3.05) is 16.8 Å². The standard InChI is InChI=1S/C21H20F3N7O3/c1-10-7-31-17(9-29(10)21(33)26-13-4-14(22)19(24)15(23)5-13)16(6-25-31)30-8-12(3-18(30)32)20-28-27-11(2)34-20/h4-6,10,12H,3,7-9H2,1-2H3,(H,26,33). The number of carbonyl (C=O) groups excluding carboxylic acids is 2. The van der Waals surface area contributed by atoms with Crippen LogP contribution in [0.2, 0.25) is 0 Å². The van der Waals surface area contributed by atoms with E-state index in [1.165, 1.54) is 4.90 Å². The maximum atomic E-state index is 13.5. The molecule has 3 aromatic rings. The van der Waals surface area contributed by atoms with Crippen molar-refractivity contribution in [2.24, 2.45) is 0 Å². The van der Waals surface area contributed by atoms with Crippen LogP contribution in [0, 0.1) is 24.4 Å². The molecule has 0 saturated carbocycles. The number of fused-ring (bicyclic) bond motifs is 1. The first-order valence-corrected chi connectivity index (χ1v) is 10.6. The predicted molar refractivity (Wildman–Crippen MR) is 111 cm³/mol. The summed E-state index contributed by atoms with van der Waals surface area (Å²) in [5, 5.41) is 14.6. The maximum absolute atomic E-state index is 13.5. The third-order valence-electron chi connectivity index (χ3n) is 6.02. The van der Waals surface area contributed by atoms with E-state index in [0.29, 0.717) is 48.4 Å². The molecule has 178 valence electrons. The summed E-state index contributed by atoms with van der Waals surface area (Å²) in [5.74, 6) is -4.00. The molecule has 34 heavy (non-hydrogen) atoms. The van der Waals surface area contributed by atoms with Crippen LogP contribution in [-0.2, 0) is 17.9 Å². The van der Waals surface area contributed by atoms with Crippen LogP contribution in [0.5, 0.6) is 0 Å². The van der Waals surface area contributed by atoms with Gasteiger partial charge in [-0.15, -0.1) is 10.2 Å². The van der Waals surface area contributed by atoms with Crippen LogP contribution in [0.15, 0.2) is 22.7 Å². The summed E-state index contributed by atoms with van der Waals surface area (Å²) in [4.78, 5) is 28.7. The number of halogens is 3. The molecule has 2 unspecified atom stereocenters. The van der Waals surface area contributed by atoms with Crippen LogP contribution in [-0.4, -0.2) is 49.4 Å². The molecule has 0 bridgehead atoms. The van der Waals surface area contributed by atoms with Gasteiger partial charge in [0.05, 0.1) is 42.6 Å². The van der Waals surface area contributed by atoms with Gasteiger partial charge in [0.25, 0.3) is 0 Å². The molecule has 1 saturated heterocycles. The molecule has 1 aromatic carbocycles. The second kappa shape index (κ2) is 8.15. The first-order chi connectivity index (χ1) is 16.2. The molecular weight excluding hydrogens is 455 g/mol. The van der Waals surface area contributed by atoms with Crippen LogP contribution in [0.1, 0.15) is 36.7 Å². The summed E-state index contributed by atoms with van der Waals surface area (Å²) >= 11 is 0. The number of nitrogens with zero attached hydrogens (tertiary/aromatic N) is 6. The molecule has 2 aliphatic rings. The lowest BCUT2D eigenvalue weighted by atomic mass is 10.1.